The molecule has 0 bridgehead atoms. The zero-order valence-corrected chi connectivity index (χ0v) is 16.4. The van der Waals surface area contributed by atoms with Crippen LogP contribution in [0.4, 0.5) is 4.39 Å². The monoisotopic (exact) mass is 395 g/mol. The first-order valence-electron chi connectivity index (χ1n) is 6.97. The number of hydrogen-bond donors (Lipinski definition) is 0. The van der Waals surface area contributed by atoms with Crippen LogP contribution in [-0.2, 0) is 32.7 Å². The minimum atomic E-state index is -0.344. The topological polar surface area (TPSA) is 12.5 Å². The minimum Gasteiger partial charge on any atom is -0.494 e. The van der Waals surface area contributed by atoms with E-state index in [1.165, 1.54) is 6.07 Å². The molecular weight excluding hydrogens is 378 g/mol. The fourth-order valence-corrected chi connectivity index (χ4v) is 2.28. The minimum absolute atomic E-state index is 0. The number of likely N-dealkylation sites (N-methyl/N-ethyl adjacent to an activating group) is 1. The Morgan fingerprint density at radius 1 is 1.36 bits per heavy atom. The van der Waals surface area contributed by atoms with Crippen molar-refractivity contribution in [2.24, 2.45) is 0 Å². The van der Waals surface area contributed by atoms with Gasteiger partial charge in [-0.1, -0.05) is 24.8 Å². The zero-order chi connectivity index (χ0) is 15.4. The Kier molecular flexibility index (Phi) is 7.81. The van der Waals surface area contributed by atoms with Crippen LogP contribution in [0.1, 0.15) is 25.8 Å². The number of allylic oxidation sites excluding steroid dienone is 3. The van der Waals surface area contributed by atoms with Crippen LogP contribution in [0.3, 0.4) is 0 Å². The average molecular weight is 396 g/mol. The molecule has 0 fully saturated rings. The summed E-state index contributed by atoms with van der Waals surface area (Å²) >= 11 is 6.05. The second kappa shape index (κ2) is 8.86. The molecule has 115 valence electrons. The number of nitrogens with zero attached hydrogens (tertiary/aromatic N) is 1. The summed E-state index contributed by atoms with van der Waals surface area (Å²) in [4.78, 5) is 1.84. The van der Waals surface area contributed by atoms with Crippen LogP contribution < -0.4 is 4.74 Å². The molecule has 0 atom stereocenters. The Morgan fingerprint density at radius 3 is 2.68 bits per heavy atom. The summed E-state index contributed by atoms with van der Waals surface area (Å²) < 4.78 is 19.8. The molecule has 0 saturated heterocycles. The molecule has 1 aliphatic rings. The van der Waals surface area contributed by atoms with Gasteiger partial charge in [-0.3, -0.25) is 0 Å². The predicted molar refractivity (Wildman–Crippen MR) is 84.3 cm³/mol. The smallest absolute Gasteiger partial charge is 0.120 e. The first kappa shape index (κ1) is 19.4. The molecule has 0 unspecified atom stereocenters. The van der Waals surface area contributed by atoms with Gasteiger partial charge in [0.2, 0.25) is 0 Å². The normalized spacial score (nSPS) is 14.2. The molecule has 0 aliphatic carbocycles. The number of rotatable bonds is 5. The van der Waals surface area contributed by atoms with Gasteiger partial charge in [-0.2, -0.15) is 23.8 Å². The van der Waals surface area contributed by atoms with Gasteiger partial charge < -0.3 is 9.64 Å². The summed E-state index contributed by atoms with van der Waals surface area (Å²) in [5.41, 5.74) is 1.74. The van der Waals surface area contributed by atoms with Crippen molar-refractivity contribution in [2.45, 2.75) is 20.3 Å². The zero-order valence-electron chi connectivity index (χ0n) is 12.8. The van der Waals surface area contributed by atoms with Crippen LogP contribution in [0.15, 0.2) is 41.6 Å². The summed E-state index contributed by atoms with van der Waals surface area (Å²) in [5, 5.41) is 0.518. The van der Waals surface area contributed by atoms with Gasteiger partial charge in [0.15, 0.2) is 0 Å². The average Bonchev–Trinajstić information content (AvgIpc) is 2.48. The van der Waals surface area contributed by atoms with E-state index >= 15 is 0 Å². The summed E-state index contributed by atoms with van der Waals surface area (Å²) in [6.45, 7) is 9.10. The SMILES string of the molecule is C=C1C(Cl)=C[C-]=C(c2ccc(OCCC)cc2F)N1CC.[Y]. The van der Waals surface area contributed by atoms with Gasteiger partial charge in [0.1, 0.15) is 5.75 Å². The maximum Gasteiger partial charge on any atom is 0.120 e. The number of benzene rings is 1. The van der Waals surface area contributed by atoms with Crippen LogP contribution in [0, 0.1) is 11.9 Å². The van der Waals surface area contributed by atoms with Crippen molar-refractivity contribution in [3.63, 3.8) is 0 Å². The molecule has 0 N–H and O–H groups in total. The van der Waals surface area contributed by atoms with Crippen LogP contribution in [0.2, 0.25) is 0 Å². The molecule has 1 aromatic rings. The van der Waals surface area contributed by atoms with E-state index in [0.717, 1.165) is 6.42 Å². The Morgan fingerprint density at radius 2 is 2.09 bits per heavy atom. The standard InChI is InChI=1S/C17H18ClFNO.Y/c1-4-10-21-13-6-7-14(16(19)11-13)17-9-8-15(18)12(3)20(17)5-2;/h6-8,11H,3-5,10H2,1-2H3;/q-1;. The molecule has 0 saturated carbocycles. The van der Waals surface area contributed by atoms with E-state index in [0.29, 0.717) is 40.9 Å². The molecule has 2 rings (SSSR count). The van der Waals surface area contributed by atoms with Crippen LogP contribution in [0.25, 0.3) is 5.70 Å². The number of ether oxygens (including phenoxy) is 1. The molecule has 2 nitrogen and oxygen atoms in total. The molecule has 1 heterocycles. The van der Waals surface area contributed by atoms with Crippen molar-refractivity contribution in [2.75, 3.05) is 13.2 Å². The molecule has 0 aromatic heterocycles. The van der Waals surface area contributed by atoms with E-state index in [4.69, 9.17) is 16.3 Å². The second-order valence-corrected chi connectivity index (χ2v) is 5.07. The summed E-state index contributed by atoms with van der Waals surface area (Å²) in [6, 6.07) is 4.86. The Labute approximate surface area is 161 Å². The third kappa shape index (κ3) is 4.21. The molecule has 0 amide bonds. The van der Waals surface area contributed by atoms with Crippen molar-refractivity contribution in [3.05, 3.63) is 59.0 Å². The van der Waals surface area contributed by atoms with Gasteiger partial charge in [-0.15, -0.1) is 6.07 Å². The van der Waals surface area contributed by atoms with Crippen molar-refractivity contribution in [1.82, 2.24) is 4.90 Å². The molecule has 1 radical (unpaired) electrons. The molecule has 1 aromatic carbocycles. The van der Waals surface area contributed by atoms with Gasteiger partial charge in [0, 0.05) is 45.3 Å². The fourth-order valence-electron chi connectivity index (χ4n) is 2.13. The quantitative estimate of drug-likeness (QED) is 0.668. The first-order chi connectivity index (χ1) is 10.1. The molecule has 0 spiro atoms. The Balaban J connectivity index is 0.00000242. The van der Waals surface area contributed by atoms with Gasteiger partial charge >= 0.3 is 0 Å². The van der Waals surface area contributed by atoms with Crippen LogP contribution >= 0.6 is 11.6 Å². The predicted octanol–water partition coefficient (Wildman–Crippen LogP) is 4.73. The molecular formula is C17H18ClFNOY-. The van der Waals surface area contributed by atoms with E-state index < -0.39 is 0 Å². The van der Waals surface area contributed by atoms with Crippen molar-refractivity contribution >= 4 is 17.3 Å². The van der Waals surface area contributed by atoms with E-state index in [-0.39, 0.29) is 38.5 Å². The second-order valence-electron chi connectivity index (χ2n) is 4.67. The van der Waals surface area contributed by atoms with E-state index in [1.54, 1.807) is 18.2 Å². The van der Waals surface area contributed by atoms with E-state index in [1.807, 2.05) is 18.7 Å². The summed E-state index contributed by atoms with van der Waals surface area (Å²) in [5.74, 6) is 0.189. The molecule has 1 aliphatic heterocycles. The molecule has 5 heteroatoms. The largest absolute Gasteiger partial charge is 0.494 e. The van der Waals surface area contributed by atoms with Crippen molar-refractivity contribution < 1.29 is 41.8 Å². The summed E-state index contributed by atoms with van der Waals surface area (Å²) in [6.07, 6.45) is 5.53. The van der Waals surface area contributed by atoms with E-state index in [9.17, 15) is 4.39 Å². The van der Waals surface area contributed by atoms with Crippen LogP contribution in [0.5, 0.6) is 5.75 Å². The van der Waals surface area contributed by atoms with E-state index in [2.05, 4.69) is 12.7 Å². The number of halogens is 2. The number of hydrogen-bond acceptors (Lipinski definition) is 2. The summed E-state index contributed by atoms with van der Waals surface area (Å²) in [7, 11) is 0. The van der Waals surface area contributed by atoms with Crippen molar-refractivity contribution in [1.29, 1.82) is 0 Å². The molecule has 22 heavy (non-hydrogen) atoms. The third-order valence-electron chi connectivity index (χ3n) is 3.19. The third-order valence-corrected chi connectivity index (χ3v) is 3.52. The van der Waals surface area contributed by atoms with Crippen LogP contribution in [-0.4, -0.2) is 18.1 Å². The Bertz CT molecular complexity index is 613. The maximum atomic E-state index is 14.3. The van der Waals surface area contributed by atoms with Gasteiger partial charge in [0.25, 0.3) is 0 Å². The van der Waals surface area contributed by atoms with Gasteiger partial charge in [-0.05, 0) is 30.1 Å². The van der Waals surface area contributed by atoms with Gasteiger partial charge in [-0.25, -0.2) is 4.39 Å². The van der Waals surface area contributed by atoms with Crippen molar-refractivity contribution in [3.8, 4) is 5.75 Å². The maximum absolute atomic E-state index is 14.3. The first-order valence-corrected chi connectivity index (χ1v) is 7.35. The fraction of sp³-hybridized carbons (Fsp3) is 0.294. The Hall–Kier alpha value is -0.636. The van der Waals surface area contributed by atoms with Gasteiger partial charge in [0.05, 0.1) is 12.4 Å².